The average molecular weight is 505 g/mol. The van der Waals surface area contributed by atoms with Crippen molar-refractivity contribution in [2.24, 2.45) is 4.85 Å². The zero-order chi connectivity index (χ0) is 25.4. The summed E-state index contributed by atoms with van der Waals surface area (Å²) in [4.78, 5) is 14.4. The van der Waals surface area contributed by atoms with E-state index in [1.807, 2.05) is 0 Å². The van der Waals surface area contributed by atoms with Gasteiger partial charge in [0.2, 0.25) is 7.37 Å². The fraction of sp³-hybridized carbons (Fsp3) is 0.556. The molecule has 0 heterocycles. The first-order valence-corrected chi connectivity index (χ1v) is 16.7. The highest BCUT2D eigenvalue weighted by Crippen LogP contribution is 2.52. The second-order valence-corrected chi connectivity index (χ2v) is 15.3. The minimum atomic E-state index is -3.14. The first-order chi connectivity index (χ1) is 15.9. The summed E-state index contributed by atoms with van der Waals surface area (Å²) in [7, 11) is -5.31. The van der Waals surface area contributed by atoms with Gasteiger partial charge in [0, 0.05) is 31.1 Å². The van der Waals surface area contributed by atoms with Gasteiger partial charge < -0.3 is 9.42 Å². The number of benzene rings is 1. The molecule has 0 bridgehead atoms. The Kier molecular flexibility index (Phi) is 10.5. The van der Waals surface area contributed by atoms with E-state index in [1.54, 1.807) is 12.1 Å². The Balaban J connectivity index is 2.12. The predicted molar refractivity (Wildman–Crippen MR) is 145 cm³/mol. The average Bonchev–Trinajstić information content (AvgIpc) is 2.79. The Bertz CT molecular complexity index is 1000. The van der Waals surface area contributed by atoms with Crippen molar-refractivity contribution >= 4 is 14.7 Å². The van der Waals surface area contributed by atoms with E-state index < -0.39 is 14.7 Å². The van der Waals surface area contributed by atoms with Crippen LogP contribution in [0.15, 0.2) is 41.3 Å². The van der Waals surface area contributed by atoms with E-state index in [0.29, 0.717) is 17.9 Å². The van der Waals surface area contributed by atoms with Crippen LogP contribution in [0.2, 0.25) is 0 Å². The zero-order valence-corrected chi connectivity index (χ0v) is 23.7. The van der Waals surface area contributed by atoms with Gasteiger partial charge in [0.25, 0.3) is 0 Å². The van der Waals surface area contributed by atoms with Crippen molar-refractivity contribution < 1.29 is 14.0 Å². The molecule has 0 aliphatic rings. The summed E-state index contributed by atoms with van der Waals surface area (Å²) < 4.78 is 18.0. The largest absolute Gasteiger partial charge is 0.450 e. The lowest BCUT2D eigenvalue weighted by molar-refractivity contribution is 0.413. The van der Waals surface area contributed by atoms with Gasteiger partial charge in [-0.15, -0.1) is 0 Å². The lowest BCUT2D eigenvalue weighted by atomic mass is 9.76. The van der Waals surface area contributed by atoms with E-state index in [-0.39, 0.29) is 17.2 Å². The molecule has 34 heavy (non-hydrogen) atoms. The molecule has 188 valence electrons. The zero-order valence-electron chi connectivity index (χ0n) is 21.9. The maximum atomic E-state index is 11.6. The fourth-order valence-corrected chi connectivity index (χ4v) is 6.75. The molecule has 5 nitrogen and oxygen atoms in total. The van der Waals surface area contributed by atoms with Crippen molar-refractivity contribution in [3.8, 4) is 5.75 Å². The smallest absolute Gasteiger partial charge is 0.202 e. The van der Waals surface area contributed by atoms with Gasteiger partial charge in [-0.25, -0.2) is 5.43 Å². The van der Waals surface area contributed by atoms with Crippen molar-refractivity contribution in [1.29, 1.82) is 0 Å². The highest BCUT2D eigenvalue weighted by atomic mass is 31.2. The van der Waals surface area contributed by atoms with Crippen LogP contribution >= 0.6 is 14.7 Å². The van der Waals surface area contributed by atoms with Crippen LogP contribution in [0.1, 0.15) is 77.0 Å². The van der Waals surface area contributed by atoms with Crippen LogP contribution in [0.25, 0.3) is 0 Å². The number of hydrogen-bond acceptors (Lipinski definition) is 3. The van der Waals surface area contributed by atoms with Gasteiger partial charge in [-0.1, -0.05) is 71.4 Å². The molecule has 2 aromatic carbocycles. The van der Waals surface area contributed by atoms with Crippen LogP contribution < -0.4 is 9.95 Å². The van der Waals surface area contributed by atoms with Crippen LogP contribution in [0, 0.1) is 12.1 Å². The van der Waals surface area contributed by atoms with E-state index in [9.17, 15) is 9.46 Å². The summed E-state index contributed by atoms with van der Waals surface area (Å²) in [6, 6.07) is 18.4. The van der Waals surface area contributed by atoms with E-state index in [0.717, 1.165) is 12.8 Å². The Labute approximate surface area is 207 Å². The third kappa shape index (κ3) is 8.28. The quantitative estimate of drug-likeness (QED) is 0.216. The Morgan fingerprint density at radius 1 is 1.12 bits per heavy atom. The molecular formula is C27H42N2O3P2. The van der Waals surface area contributed by atoms with E-state index in [2.05, 4.69) is 83.1 Å². The predicted octanol–water partition coefficient (Wildman–Crippen LogP) is 7.78. The van der Waals surface area contributed by atoms with Gasteiger partial charge in [0.05, 0.1) is 6.16 Å². The minimum absolute atomic E-state index is 0.0854. The lowest BCUT2D eigenvalue weighted by Gasteiger charge is -2.29. The van der Waals surface area contributed by atoms with E-state index in [1.165, 1.54) is 30.6 Å². The Hall–Kier alpha value is -1.56. The van der Waals surface area contributed by atoms with Crippen LogP contribution in [-0.2, 0) is 22.7 Å². The summed E-state index contributed by atoms with van der Waals surface area (Å²) >= 11 is 0. The molecule has 0 fully saturated rings. The number of rotatable bonds is 13. The molecule has 7 heteroatoms. The summed E-state index contributed by atoms with van der Waals surface area (Å²) in [5, 5.41) is 0. The summed E-state index contributed by atoms with van der Waals surface area (Å²) in [6.07, 6.45) is 4.54. The molecule has 0 amide bonds. The summed E-state index contributed by atoms with van der Waals surface area (Å²) in [5.41, 5.74) is 7.01. The molecule has 0 saturated heterocycles. The van der Waals surface area contributed by atoms with Crippen LogP contribution in [-0.4, -0.2) is 23.9 Å². The molecule has 0 saturated carbocycles. The summed E-state index contributed by atoms with van der Waals surface area (Å²) in [6.45, 7) is 15.2. The lowest BCUT2D eigenvalue weighted by Crippen LogP contribution is -2.20. The second-order valence-electron chi connectivity index (χ2n) is 9.77. The SMILES string of the molecule is CCCC(C)(CC)c1ccc(CNN=P(C)(Oc2c#cc(CP(C)(=O)O)cc2)C(C)CC)cc1. The maximum Gasteiger partial charge on any atom is 0.202 e. The van der Waals surface area contributed by atoms with Crippen molar-refractivity contribution in [3.05, 3.63) is 65.2 Å². The van der Waals surface area contributed by atoms with E-state index in [4.69, 9.17) is 9.38 Å². The second kappa shape index (κ2) is 12.4. The highest BCUT2D eigenvalue weighted by molar-refractivity contribution is 7.61. The van der Waals surface area contributed by atoms with Crippen LogP contribution in [0.5, 0.6) is 5.75 Å². The van der Waals surface area contributed by atoms with Gasteiger partial charge in [-0.05, 0) is 54.0 Å². The minimum Gasteiger partial charge on any atom is -0.450 e. The van der Waals surface area contributed by atoms with Crippen molar-refractivity contribution in [2.75, 3.05) is 13.3 Å². The monoisotopic (exact) mass is 504 g/mol. The summed E-state index contributed by atoms with van der Waals surface area (Å²) in [5.74, 6) is 0.563. The Morgan fingerprint density at radius 2 is 1.79 bits per heavy atom. The molecule has 0 aliphatic heterocycles. The third-order valence-corrected chi connectivity index (χ3v) is 10.8. The molecule has 2 aromatic rings. The standard InChI is InChI=1S/C27H42N2O3P2/c1-8-19-27(5,10-3)25-15-11-23(12-16-25)20-28-29-34(7,22(4)9-2)32-26-17-13-24(14-18-26)21-33(6,30)31/h11-13,15-17,22,28H,8-10,19-21H2,1-7H3,(H,30,31). The molecule has 2 N–H and O–H groups in total. The first-order valence-electron chi connectivity index (χ1n) is 12.3. The molecule has 2 rings (SSSR count). The van der Waals surface area contributed by atoms with Crippen molar-refractivity contribution in [3.63, 3.8) is 0 Å². The van der Waals surface area contributed by atoms with Gasteiger partial charge in [0.15, 0.2) is 13.0 Å². The van der Waals surface area contributed by atoms with E-state index >= 15 is 0 Å². The number of nitrogens with zero attached hydrogens (tertiary/aromatic N) is 1. The van der Waals surface area contributed by atoms with Crippen LogP contribution in [0.3, 0.4) is 0 Å². The fourth-order valence-electron chi connectivity index (χ4n) is 3.98. The molecule has 0 spiro atoms. The molecule has 0 aliphatic carbocycles. The van der Waals surface area contributed by atoms with Gasteiger partial charge in [-0.3, -0.25) is 4.57 Å². The molecule has 4 atom stereocenters. The maximum absolute atomic E-state index is 11.6. The third-order valence-electron chi connectivity index (χ3n) is 6.72. The van der Waals surface area contributed by atoms with Crippen LogP contribution in [0.4, 0.5) is 0 Å². The number of nitrogens with one attached hydrogen (secondary N) is 1. The topological polar surface area (TPSA) is 70.9 Å². The number of hydrogen-bond donors (Lipinski definition) is 2. The highest BCUT2D eigenvalue weighted by Gasteiger charge is 2.24. The van der Waals surface area contributed by atoms with Gasteiger partial charge in [0.1, 0.15) is 0 Å². The first kappa shape index (κ1) is 28.7. The molecule has 0 aromatic heterocycles. The van der Waals surface area contributed by atoms with Gasteiger partial charge >= 0.3 is 0 Å². The molecule has 4 unspecified atom stereocenters. The molecule has 0 radical (unpaired) electrons. The van der Waals surface area contributed by atoms with Crippen molar-refractivity contribution in [2.45, 2.75) is 84.1 Å². The molecular weight excluding hydrogens is 462 g/mol. The Morgan fingerprint density at radius 3 is 2.29 bits per heavy atom. The van der Waals surface area contributed by atoms with Crippen molar-refractivity contribution in [1.82, 2.24) is 5.43 Å². The van der Waals surface area contributed by atoms with Gasteiger partial charge in [-0.2, -0.15) is 4.85 Å². The normalized spacial score (nSPS) is 17.5.